The van der Waals surface area contributed by atoms with E-state index in [2.05, 4.69) is 37.5 Å². The number of hydrogen-bond donors (Lipinski definition) is 1. The van der Waals surface area contributed by atoms with Gasteiger partial charge in [0, 0.05) is 11.5 Å². The van der Waals surface area contributed by atoms with Crippen LogP contribution in [0.3, 0.4) is 0 Å². The molecule has 0 radical (unpaired) electrons. The zero-order valence-corrected chi connectivity index (χ0v) is 20.9. The first-order chi connectivity index (χ1) is 17.6. The summed E-state index contributed by atoms with van der Waals surface area (Å²) in [6.07, 6.45) is 3.98. The van der Waals surface area contributed by atoms with Crippen LogP contribution in [0.1, 0.15) is 53.3 Å². The Hall–Kier alpha value is -3.57. The normalized spacial score (nSPS) is 16.8. The fraction of sp³-hybridized carbons (Fsp3) is 0.323. The topological polar surface area (TPSA) is 55.8 Å². The number of nitrogens with one attached hydrogen (secondary N) is 1. The average molecular weight is 481 g/mol. The molecule has 6 rings (SSSR count). The van der Waals surface area contributed by atoms with Crippen LogP contribution in [0.4, 0.5) is 0 Å². The van der Waals surface area contributed by atoms with Crippen molar-refractivity contribution in [3.8, 4) is 5.75 Å². The molecule has 1 saturated heterocycles. The molecule has 3 aromatic carbocycles. The summed E-state index contributed by atoms with van der Waals surface area (Å²) in [5.41, 5.74) is 12.1. The van der Waals surface area contributed by atoms with Crippen molar-refractivity contribution in [2.75, 3.05) is 12.0 Å². The van der Waals surface area contributed by atoms with Crippen LogP contribution in [-0.2, 0) is 37.0 Å². The predicted octanol–water partition coefficient (Wildman–Crippen LogP) is 5.49. The Labute approximate surface area is 211 Å². The smallest absolute Gasteiger partial charge is 0.269 e. The molecular weight excluding hydrogens is 448 g/mol. The molecule has 4 aromatic rings. The van der Waals surface area contributed by atoms with Crippen molar-refractivity contribution in [3.63, 3.8) is 0 Å². The summed E-state index contributed by atoms with van der Waals surface area (Å²) in [6, 6.07) is 22.6. The lowest BCUT2D eigenvalue weighted by Gasteiger charge is -2.21. The first-order valence-electron chi connectivity index (χ1n) is 13.0. The van der Waals surface area contributed by atoms with Crippen LogP contribution >= 0.6 is 0 Å². The van der Waals surface area contributed by atoms with E-state index in [1.54, 1.807) is 10.7 Å². The van der Waals surface area contributed by atoms with Crippen LogP contribution < -0.4 is 15.7 Å². The molecule has 1 aliphatic carbocycles. The molecule has 36 heavy (non-hydrogen) atoms. The minimum atomic E-state index is -0.0830. The second-order valence-electron chi connectivity index (χ2n) is 9.85. The summed E-state index contributed by atoms with van der Waals surface area (Å²) in [5, 5.41) is 0.993. The zero-order chi connectivity index (χ0) is 24.6. The number of fused-ring (bicyclic) bond motifs is 2. The molecule has 0 spiro atoms. The van der Waals surface area contributed by atoms with E-state index in [9.17, 15) is 4.79 Å². The Bertz CT molecular complexity index is 1440. The van der Waals surface area contributed by atoms with E-state index in [-0.39, 0.29) is 17.7 Å². The highest BCUT2D eigenvalue weighted by Gasteiger charge is 2.29. The zero-order valence-electron chi connectivity index (χ0n) is 20.9. The minimum absolute atomic E-state index is 0.0808. The summed E-state index contributed by atoms with van der Waals surface area (Å²) >= 11 is 0. The first kappa shape index (κ1) is 22.9. The highest BCUT2D eigenvalue weighted by Crippen LogP contribution is 2.38. The standard InChI is InChI=1S/C31H32N2O3/c1-3-21-14-23-16-25(17-24(23)15-22(21)4-2)32-33-30(34)13-11-27-26(29-19-36-29)10-12-28(31(27)33)35-18-20-8-6-5-7-9-20/h5-15,25,29,32H,3-4,16-19H2,1-2H3/t29-/m0/s1. The fourth-order valence-corrected chi connectivity index (χ4v) is 5.54. The maximum absolute atomic E-state index is 13.2. The van der Waals surface area contributed by atoms with Crippen LogP contribution in [-0.4, -0.2) is 17.3 Å². The quantitative estimate of drug-likeness (QED) is 0.339. The van der Waals surface area contributed by atoms with Crippen molar-refractivity contribution in [2.24, 2.45) is 0 Å². The molecule has 1 aliphatic heterocycles. The molecule has 0 amide bonds. The van der Waals surface area contributed by atoms with Gasteiger partial charge in [-0.2, -0.15) is 0 Å². The minimum Gasteiger partial charge on any atom is -0.487 e. The number of epoxide rings is 1. The second-order valence-corrected chi connectivity index (χ2v) is 9.85. The molecule has 1 atom stereocenters. The SMILES string of the molecule is CCc1cc2c(cc1CC)CC(Nn1c(=O)ccc3c([C@@H]4CO4)ccc(OCc4ccccc4)c31)C2. The van der Waals surface area contributed by atoms with Gasteiger partial charge in [0.25, 0.3) is 5.56 Å². The van der Waals surface area contributed by atoms with Gasteiger partial charge in [0.05, 0.1) is 12.6 Å². The highest BCUT2D eigenvalue weighted by atomic mass is 16.6. The third-order valence-corrected chi connectivity index (χ3v) is 7.50. The van der Waals surface area contributed by atoms with Crippen LogP contribution in [0.15, 0.2) is 71.5 Å². The summed E-state index contributed by atoms with van der Waals surface area (Å²) in [6.45, 7) is 5.59. The lowest BCUT2D eigenvalue weighted by molar-refractivity contribution is 0.308. The van der Waals surface area contributed by atoms with Gasteiger partial charge in [-0.3, -0.25) is 4.79 Å². The number of benzene rings is 3. The third kappa shape index (κ3) is 4.28. The van der Waals surface area contributed by atoms with Gasteiger partial charge in [-0.1, -0.05) is 62.4 Å². The van der Waals surface area contributed by atoms with Gasteiger partial charge in [0.1, 0.15) is 24.0 Å². The predicted molar refractivity (Wildman–Crippen MR) is 143 cm³/mol. The summed E-state index contributed by atoms with van der Waals surface area (Å²) in [5.74, 6) is 0.695. The molecule has 0 saturated carbocycles. The van der Waals surface area contributed by atoms with Crippen molar-refractivity contribution >= 4 is 10.9 Å². The Balaban J connectivity index is 1.37. The summed E-state index contributed by atoms with van der Waals surface area (Å²) in [7, 11) is 0. The molecule has 5 nitrogen and oxygen atoms in total. The van der Waals surface area contributed by atoms with E-state index in [4.69, 9.17) is 9.47 Å². The number of aryl methyl sites for hydroxylation is 2. The van der Waals surface area contributed by atoms with E-state index in [0.717, 1.165) is 47.7 Å². The number of rotatable bonds is 8. The molecule has 1 aromatic heterocycles. The average Bonchev–Trinajstić information content (AvgIpc) is 3.68. The maximum Gasteiger partial charge on any atom is 0.269 e. The van der Waals surface area contributed by atoms with Crippen molar-refractivity contribution in [1.82, 2.24) is 4.68 Å². The lowest BCUT2D eigenvalue weighted by Crippen LogP contribution is -2.36. The third-order valence-electron chi connectivity index (χ3n) is 7.50. The summed E-state index contributed by atoms with van der Waals surface area (Å²) in [4.78, 5) is 13.2. The number of ether oxygens (including phenoxy) is 2. The van der Waals surface area contributed by atoms with Crippen molar-refractivity contribution in [2.45, 2.75) is 58.3 Å². The number of hydrogen-bond acceptors (Lipinski definition) is 4. The number of aromatic nitrogens is 1. The van der Waals surface area contributed by atoms with Crippen LogP contribution in [0, 0.1) is 0 Å². The van der Waals surface area contributed by atoms with E-state index in [0.29, 0.717) is 19.0 Å². The first-order valence-corrected chi connectivity index (χ1v) is 13.0. The molecule has 0 bridgehead atoms. The summed E-state index contributed by atoms with van der Waals surface area (Å²) < 4.78 is 13.6. The number of pyridine rings is 1. The Morgan fingerprint density at radius 3 is 2.28 bits per heavy atom. The monoisotopic (exact) mass is 480 g/mol. The van der Waals surface area contributed by atoms with Gasteiger partial charge in [-0.25, -0.2) is 4.68 Å². The maximum atomic E-state index is 13.2. The Kier molecular flexibility index (Phi) is 6.02. The molecule has 184 valence electrons. The molecule has 1 N–H and O–H groups in total. The molecule has 1 fully saturated rings. The number of nitrogens with zero attached hydrogens (tertiary/aromatic N) is 1. The van der Waals surface area contributed by atoms with E-state index < -0.39 is 0 Å². The van der Waals surface area contributed by atoms with Crippen LogP contribution in [0.5, 0.6) is 5.75 Å². The molecule has 2 heterocycles. The van der Waals surface area contributed by atoms with E-state index >= 15 is 0 Å². The second kappa shape index (κ2) is 9.47. The van der Waals surface area contributed by atoms with Gasteiger partial charge in [0.15, 0.2) is 0 Å². The highest BCUT2D eigenvalue weighted by molar-refractivity contribution is 5.89. The van der Waals surface area contributed by atoms with E-state index in [1.807, 2.05) is 42.5 Å². The van der Waals surface area contributed by atoms with E-state index in [1.165, 1.54) is 22.3 Å². The van der Waals surface area contributed by atoms with Crippen molar-refractivity contribution in [1.29, 1.82) is 0 Å². The van der Waals surface area contributed by atoms with Gasteiger partial charge in [-0.05, 0) is 71.2 Å². The fourth-order valence-electron chi connectivity index (χ4n) is 5.54. The lowest BCUT2D eigenvalue weighted by atomic mass is 9.97. The van der Waals surface area contributed by atoms with Gasteiger partial charge in [0.2, 0.25) is 0 Å². The largest absolute Gasteiger partial charge is 0.487 e. The van der Waals surface area contributed by atoms with Gasteiger partial charge < -0.3 is 14.9 Å². The van der Waals surface area contributed by atoms with Crippen molar-refractivity contribution in [3.05, 3.63) is 110 Å². The molecule has 0 unspecified atom stereocenters. The van der Waals surface area contributed by atoms with Gasteiger partial charge in [-0.15, -0.1) is 0 Å². The van der Waals surface area contributed by atoms with Crippen LogP contribution in [0.25, 0.3) is 10.9 Å². The van der Waals surface area contributed by atoms with Gasteiger partial charge >= 0.3 is 0 Å². The molecule has 2 aliphatic rings. The Morgan fingerprint density at radius 1 is 0.944 bits per heavy atom. The molecular formula is C31H32N2O3. The molecule has 5 heteroatoms. The van der Waals surface area contributed by atoms with Crippen molar-refractivity contribution < 1.29 is 9.47 Å². The Morgan fingerprint density at radius 2 is 1.64 bits per heavy atom. The van der Waals surface area contributed by atoms with Crippen LogP contribution in [0.2, 0.25) is 0 Å².